The fourth-order valence-corrected chi connectivity index (χ4v) is 3.26. The zero-order valence-electron chi connectivity index (χ0n) is 16.7. The molecule has 32 heavy (non-hydrogen) atoms. The molecule has 4 rings (SSSR count). The van der Waals surface area contributed by atoms with Gasteiger partial charge in [-0.15, -0.1) is 0 Å². The van der Waals surface area contributed by atoms with Crippen LogP contribution in [0.15, 0.2) is 72.9 Å². The molecule has 2 amide bonds. The number of nitrogens with one attached hydrogen (secondary N) is 2. The van der Waals surface area contributed by atoms with Crippen molar-refractivity contribution in [3.63, 3.8) is 0 Å². The number of primary amides is 2. The fourth-order valence-electron chi connectivity index (χ4n) is 3.26. The molecule has 1 atom stereocenters. The van der Waals surface area contributed by atoms with E-state index in [0.717, 1.165) is 17.0 Å². The molecule has 2 aromatic carbocycles. The van der Waals surface area contributed by atoms with Crippen LogP contribution >= 0.6 is 0 Å². The van der Waals surface area contributed by atoms with Gasteiger partial charge in [0.25, 0.3) is 5.91 Å². The minimum absolute atomic E-state index is 0.0286. The lowest BCUT2D eigenvalue weighted by atomic mass is 10.1. The Morgan fingerprint density at radius 3 is 2.44 bits per heavy atom. The van der Waals surface area contributed by atoms with Crippen molar-refractivity contribution in [1.29, 1.82) is 0 Å². The number of fused-ring (bicyclic) bond motifs is 1. The molecule has 0 saturated heterocycles. The summed E-state index contributed by atoms with van der Waals surface area (Å²) in [5.41, 5.74) is 12.7. The second-order valence-corrected chi connectivity index (χ2v) is 7.01. The first-order chi connectivity index (χ1) is 15.4. The molecule has 0 unspecified atom stereocenters. The monoisotopic (exact) mass is 430 g/mol. The average molecular weight is 430 g/mol. The Kier molecular flexibility index (Phi) is 5.63. The molecule has 0 aliphatic carbocycles. The van der Waals surface area contributed by atoms with Gasteiger partial charge in [0.2, 0.25) is 5.91 Å². The molecule has 0 fully saturated rings. The van der Waals surface area contributed by atoms with E-state index in [9.17, 15) is 14.0 Å². The first kappa shape index (κ1) is 20.7. The maximum absolute atomic E-state index is 14.8. The van der Waals surface area contributed by atoms with E-state index in [-0.39, 0.29) is 17.2 Å². The molecule has 2 aromatic heterocycles. The van der Waals surface area contributed by atoms with Crippen molar-refractivity contribution in [2.45, 2.75) is 6.04 Å². The van der Waals surface area contributed by atoms with Crippen molar-refractivity contribution in [3.8, 4) is 0 Å². The van der Waals surface area contributed by atoms with Crippen molar-refractivity contribution >= 4 is 40.0 Å². The number of rotatable bonds is 7. The van der Waals surface area contributed by atoms with Crippen LogP contribution in [0.4, 0.5) is 21.7 Å². The Hall–Kier alpha value is -4.53. The lowest BCUT2D eigenvalue weighted by Crippen LogP contribution is -2.28. The zero-order valence-corrected chi connectivity index (χ0v) is 16.7. The van der Waals surface area contributed by atoms with Crippen molar-refractivity contribution in [2.75, 3.05) is 10.6 Å². The number of anilines is 3. The standard InChI is InChI=1S/C23H19FN6O2/c24-17-12-16(20(25)31)22(28-15-8-9-18-14(11-15)7-4-10-27-18)30-23(17)29-19(21(26)32)13-5-2-1-3-6-13/h1-12,19H,(H2,25,31)(H2,26,32)(H2,28,29,30)/t19-/m1/s1. The number of aromatic nitrogens is 2. The molecule has 0 spiro atoms. The minimum atomic E-state index is -1.03. The lowest BCUT2D eigenvalue weighted by molar-refractivity contribution is -0.118. The molecular formula is C23H19FN6O2. The normalized spacial score (nSPS) is 11.7. The average Bonchev–Trinajstić information content (AvgIpc) is 2.79. The van der Waals surface area contributed by atoms with E-state index in [0.29, 0.717) is 11.3 Å². The summed E-state index contributed by atoms with van der Waals surface area (Å²) in [5.74, 6) is -2.65. The molecular weight excluding hydrogens is 411 g/mol. The van der Waals surface area contributed by atoms with Gasteiger partial charge >= 0.3 is 0 Å². The number of nitrogens with two attached hydrogens (primary N) is 2. The predicted molar refractivity (Wildman–Crippen MR) is 120 cm³/mol. The largest absolute Gasteiger partial charge is 0.368 e. The second-order valence-electron chi connectivity index (χ2n) is 7.01. The highest BCUT2D eigenvalue weighted by Gasteiger charge is 2.22. The Bertz CT molecular complexity index is 1310. The highest BCUT2D eigenvalue weighted by atomic mass is 19.1. The van der Waals surface area contributed by atoms with Crippen molar-refractivity contribution < 1.29 is 14.0 Å². The number of amides is 2. The summed E-state index contributed by atoms with van der Waals surface area (Å²) in [6.45, 7) is 0. The van der Waals surface area contributed by atoms with E-state index in [1.807, 2.05) is 6.07 Å². The van der Waals surface area contributed by atoms with Gasteiger partial charge in [0, 0.05) is 17.3 Å². The Balaban J connectivity index is 1.72. The Morgan fingerprint density at radius 2 is 1.72 bits per heavy atom. The zero-order chi connectivity index (χ0) is 22.7. The number of benzene rings is 2. The van der Waals surface area contributed by atoms with Gasteiger partial charge in [-0.3, -0.25) is 14.6 Å². The van der Waals surface area contributed by atoms with Crippen LogP contribution in [0.1, 0.15) is 22.0 Å². The summed E-state index contributed by atoms with van der Waals surface area (Å²) in [6, 6.07) is 17.6. The molecule has 160 valence electrons. The summed E-state index contributed by atoms with van der Waals surface area (Å²) in [6.07, 6.45) is 1.68. The first-order valence-electron chi connectivity index (χ1n) is 9.65. The van der Waals surface area contributed by atoms with Crippen LogP contribution in [0.25, 0.3) is 10.9 Å². The highest BCUT2D eigenvalue weighted by Crippen LogP contribution is 2.27. The summed E-state index contributed by atoms with van der Waals surface area (Å²) >= 11 is 0. The number of nitrogens with zero attached hydrogens (tertiary/aromatic N) is 2. The van der Waals surface area contributed by atoms with E-state index in [2.05, 4.69) is 20.6 Å². The van der Waals surface area contributed by atoms with E-state index in [1.54, 1.807) is 60.8 Å². The Morgan fingerprint density at radius 1 is 0.938 bits per heavy atom. The number of carbonyl (C=O) groups is 2. The molecule has 0 saturated carbocycles. The maximum atomic E-state index is 14.8. The van der Waals surface area contributed by atoms with Crippen LogP contribution in [-0.4, -0.2) is 21.8 Å². The molecule has 0 bridgehead atoms. The number of hydrogen-bond acceptors (Lipinski definition) is 6. The fraction of sp³-hybridized carbons (Fsp3) is 0.0435. The van der Waals surface area contributed by atoms with Crippen LogP contribution in [0.3, 0.4) is 0 Å². The molecule has 2 heterocycles. The van der Waals surface area contributed by atoms with Gasteiger partial charge in [0.05, 0.1) is 11.1 Å². The van der Waals surface area contributed by atoms with Gasteiger partial charge in [-0.1, -0.05) is 36.4 Å². The van der Waals surface area contributed by atoms with Gasteiger partial charge < -0.3 is 22.1 Å². The van der Waals surface area contributed by atoms with Gasteiger partial charge in [0.1, 0.15) is 11.9 Å². The smallest absolute Gasteiger partial charge is 0.252 e. The van der Waals surface area contributed by atoms with Gasteiger partial charge in [-0.2, -0.15) is 0 Å². The highest BCUT2D eigenvalue weighted by molar-refractivity contribution is 5.99. The molecule has 0 radical (unpaired) electrons. The molecule has 4 aromatic rings. The summed E-state index contributed by atoms with van der Waals surface area (Å²) in [5, 5.41) is 6.57. The maximum Gasteiger partial charge on any atom is 0.252 e. The number of halogens is 1. The van der Waals surface area contributed by atoms with Crippen LogP contribution in [-0.2, 0) is 4.79 Å². The SMILES string of the molecule is NC(=O)c1cc(F)c(N[C@@H](C(N)=O)c2ccccc2)nc1Nc1ccc2ncccc2c1. The van der Waals surface area contributed by atoms with Crippen molar-refractivity contribution in [2.24, 2.45) is 11.5 Å². The van der Waals surface area contributed by atoms with Gasteiger partial charge in [-0.05, 0) is 35.9 Å². The third-order valence-electron chi connectivity index (χ3n) is 4.81. The van der Waals surface area contributed by atoms with E-state index < -0.39 is 23.7 Å². The van der Waals surface area contributed by atoms with Crippen LogP contribution in [0.2, 0.25) is 0 Å². The Labute approximate surface area is 182 Å². The van der Waals surface area contributed by atoms with Gasteiger partial charge in [-0.25, -0.2) is 9.37 Å². The predicted octanol–water partition coefficient (Wildman–Crippen LogP) is 3.25. The molecule has 0 aliphatic heterocycles. The number of hydrogen-bond donors (Lipinski definition) is 4. The third-order valence-corrected chi connectivity index (χ3v) is 4.81. The summed E-state index contributed by atoms with van der Waals surface area (Å²) < 4.78 is 14.8. The van der Waals surface area contributed by atoms with Crippen molar-refractivity contribution in [3.05, 3.63) is 89.9 Å². The topological polar surface area (TPSA) is 136 Å². The van der Waals surface area contributed by atoms with Gasteiger partial charge in [0.15, 0.2) is 11.6 Å². The summed E-state index contributed by atoms with van der Waals surface area (Å²) in [7, 11) is 0. The molecule has 9 heteroatoms. The second kappa shape index (κ2) is 8.68. The van der Waals surface area contributed by atoms with E-state index >= 15 is 0 Å². The van der Waals surface area contributed by atoms with E-state index in [4.69, 9.17) is 11.5 Å². The third kappa shape index (κ3) is 4.31. The van der Waals surface area contributed by atoms with Crippen LogP contribution in [0.5, 0.6) is 0 Å². The van der Waals surface area contributed by atoms with Crippen LogP contribution < -0.4 is 22.1 Å². The minimum Gasteiger partial charge on any atom is -0.368 e. The van der Waals surface area contributed by atoms with Crippen molar-refractivity contribution in [1.82, 2.24) is 9.97 Å². The number of pyridine rings is 2. The quantitative estimate of drug-likeness (QED) is 0.355. The first-order valence-corrected chi connectivity index (χ1v) is 9.65. The molecule has 6 N–H and O–H groups in total. The van der Waals surface area contributed by atoms with E-state index in [1.165, 1.54) is 0 Å². The molecule has 0 aliphatic rings. The number of carbonyl (C=O) groups excluding carboxylic acids is 2. The summed E-state index contributed by atoms with van der Waals surface area (Å²) in [4.78, 5) is 32.4. The lowest BCUT2D eigenvalue weighted by Gasteiger charge is -2.19. The van der Waals surface area contributed by atoms with Crippen LogP contribution in [0, 0.1) is 5.82 Å². The molecule has 8 nitrogen and oxygen atoms in total.